The maximum absolute atomic E-state index is 12.8. The minimum absolute atomic E-state index is 0.0170. The van der Waals surface area contributed by atoms with E-state index in [2.05, 4.69) is 24.1 Å². The third-order valence-corrected chi connectivity index (χ3v) is 5.13. The van der Waals surface area contributed by atoms with E-state index in [0.29, 0.717) is 18.2 Å². The molecule has 2 rings (SSSR count). The summed E-state index contributed by atoms with van der Waals surface area (Å²) in [5, 5.41) is 3.02. The van der Waals surface area contributed by atoms with E-state index in [1.165, 1.54) is 0 Å². The Morgan fingerprint density at radius 2 is 1.96 bits per heavy atom. The highest BCUT2D eigenvalue weighted by Gasteiger charge is 2.30. The number of nitrogens with one attached hydrogen (secondary N) is 2. The Kier molecular flexibility index (Phi) is 6.08. The maximum atomic E-state index is 12.8. The van der Waals surface area contributed by atoms with Gasteiger partial charge in [-0.25, -0.2) is 0 Å². The highest BCUT2D eigenvalue weighted by Crippen LogP contribution is 2.22. The van der Waals surface area contributed by atoms with Gasteiger partial charge in [0, 0.05) is 25.3 Å². The predicted molar refractivity (Wildman–Crippen MR) is 96.1 cm³/mol. The molecule has 1 atom stereocenters. The van der Waals surface area contributed by atoms with Gasteiger partial charge in [0.1, 0.15) is 5.69 Å². The third-order valence-electron chi connectivity index (χ3n) is 5.13. The van der Waals surface area contributed by atoms with Crippen molar-refractivity contribution in [1.82, 2.24) is 15.2 Å². The molecule has 0 spiro atoms. The van der Waals surface area contributed by atoms with Crippen molar-refractivity contribution >= 4 is 11.8 Å². The number of aromatic amines is 1. The van der Waals surface area contributed by atoms with Gasteiger partial charge in [-0.05, 0) is 57.1 Å². The summed E-state index contributed by atoms with van der Waals surface area (Å²) >= 11 is 0. The first-order valence-electron chi connectivity index (χ1n) is 9.04. The number of carbonyl (C=O) groups excluding carboxylic acids is 2. The van der Waals surface area contributed by atoms with E-state index in [1.54, 1.807) is 0 Å². The lowest BCUT2D eigenvalue weighted by Gasteiger charge is -2.32. The van der Waals surface area contributed by atoms with Crippen LogP contribution in [0, 0.1) is 32.6 Å². The standard InChI is InChI=1S/C19H31N3O2/c1-12(2)8-9-20-18(23)16-7-6-10-22(11-16)19(24)17-14(4)13(3)15(5)21-17/h12,16,21H,6-11H2,1-5H3,(H,20,23). The van der Waals surface area contributed by atoms with Crippen molar-refractivity contribution in [2.45, 2.75) is 53.9 Å². The molecule has 5 heteroatoms. The Morgan fingerprint density at radius 1 is 1.25 bits per heavy atom. The van der Waals surface area contributed by atoms with E-state index in [-0.39, 0.29) is 17.7 Å². The lowest BCUT2D eigenvalue weighted by Crippen LogP contribution is -2.45. The molecular weight excluding hydrogens is 302 g/mol. The molecule has 5 nitrogen and oxygen atoms in total. The summed E-state index contributed by atoms with van der Waals surface area (Å²) in [5.74, 6) is 0.594. The molecule has 2 heterocycles. The summed E-state index contributed by atoms with van der Waals surface area (Å²) < 4.78 is 0. The van der Waals surface area contributed by atoms with Gasteiger partial charge in [0.15, 0.2) is 0 Å². The van der Waals surface area contributed by atoms with Crippen LogP contribution in [0.2, 0.25) is 0 Å². The van der Waals surface area contributed by atoms with Gasteiger partial charge in [-0.2, -0.15) is 0 Å². The number of H-pyrrole nitrogens is 1. The van der Waals surface area contributed by atoms with E-state index in [0.717, 1.165) is 49.2 Å². The van der Waals surface area contributed by atoms with E-state index >= 15 is 0 Å². The number of rotatable bonds is 5. The van der Waals surface area contributed by atoms with Gasteiger partial charge >= 0.3 is 0 Å². The fourth-order valence-corrected chi connectivity index (χ4v) is 3.22. The summed E-state index contributed by atoms with van der Waals surface area (Å²) in [4.78, 5) is 30.2. The van der Waals surface area contributed by atoms with Gasteiger partial charge in [-0.1, -0.05) is 13.8 Å². The molecule has 2 amide bonds. The third kappa shape index (κ3) is 4.19. The van der Waals surface area contributed by atoms with Crippen LogP contribution in [0.4, 0.5) is 0 Å². The molecular formula is C19H31N3O2. The molecule has 0 radical (unpaired) electrons. The minimum Gasteiger partial charge on any atom is -0.356 e. The Morgan fingerprint density at radius 3 is 2.54 bits per heavy atom. The van der Waals surface area contributed by atoms with Crippen molar-refractivity contribution in [3.05, 3.63) is 22.5 Å². The number of piperidine rings is 1. The zero-order valence-electron chi connectivity index (χ0n) is 15.7. The largest absolute Gasteiger partial charge is 0.356 e. The molecule has 1 aromatic rings. The lowest BCUT2D eigenvalue weighted by molar-refractivity contribution is -0.126. The number of hydrogen-bond donors (Lipinski definition) is 2. The van der Waals surface area contributed by atoms with Crippen LogP contribution < -0.4 is 5.32 Å². The van der Waals surface area contributed by atoms with Crippen LogP contribution in [0.15, 0.2) is 0 Å². The van der Waals surface area contributed by atoms with Crippen LogP contribution in [0.5, 0.6) is 0 Å². The maximum Gasteiger partial charge on any atom is 0.270 e. The smallest absolute Gasteiger partial charge is 0.270 e. The number of carbonyl (C=O) groups is 2. The molecule has 1 aliphatic heterocycles. The Balaban J connectivity index is 1.98. The summed E-state index contributed by atoms with van der Waals surface area (Å²) in [6.45, 7) is 12.3. The van der Waals surface area contributed by atoms with Gasteiger partial charge in [-0.3, -0.25) is 9.59 Å². The molecule has 1 aliphatic rings. The zero-order chi connectivity index (χ0) is 17.9. The molecule has 0 saturated carbocycles. The fraction of sp³-hybridized carbons (Fsp3) is 0.684. The molecule has 2 N–H and O–H groups in total. The van der Waals surface area contributed by atoms with Gasteiger partial charge in [0.2, 0.25) is 5.91 Å². The normalized spacial score (nSPS) is 18.1. The first-order valence-corrected chi connectivity index (χ1v) is 9.04. The predicted octanol–water partition coefficient (Wildman–Crippen LogP) is 2.95. The first kappa shape index (κ1) is 18.6. The van der Waals surface area contributed by atoms with Crippen LogP contribution in [-0.2, 0) is 4.79 Å². The molecule has 0 bridgehead atoms. The summed E-state index contributed by atoms with van der Waals surface area (Å²) in [5.41, 5.74) is 3.86. The highest BCUT2D eigenvalue weighted by atomic mass is 16.2. The average Bonchev–Trinajstić information content (AvgIpc) is 2.81. The number of aryl methyl sites for hydroxylation is 1. The average molecular weight is 333 g/mol. The van der Waals surface area contributed by atoms with Gasteiger partial charge in [0.25, 0.3) is 5.91 Å². The van der Waals surface area contributed by atoms with Crippen molar-refractivity contribution in [3.63, 3.8) is 0 Å². The van der Waals surface area contributed by atoms with Gasteiger partial charge in [-0.15, -0.1) is 0 Å². The first-order chi connectivity index (χ1) is 11.3. The molecule has 1 unspecified atom stereocenters. The van der Waals surface area contributed by atoms with Gasteiger partial charge in [0.05, 0.1) is 5.92 Å². The van der Waals surface area contributed by atoms with E-state index in [1.807, 2.05) is 25.7 Å². The van der Waals surface area contributed by atoms with Crippen LogP contribution in [0.1, 0.15) is 60.4 Å². The molecule has 1 saturated heterocycles. The monoisotopic (exact) mass is 333 g/mol. The number of likely N-dealkylation sites (tertiary alicyclic amines) is 1. The molecule has 1 fully saturated rings. The SMILES string of the molecule is Cc1[nH]c(C(=O)N2CCCC(C(=O)NCCC(C)C)C2)c(C)c1C. The summed E-state index contributed by atoms with van der Waals surface area (Å²) in [7, 11) is 0. The van der Waals surface area contributed by atoms with Crippen LogP contribution in [0.25, 0.3) is 0 Å². The molecule has 24 heavy (non-hydrogen) atoms. The number of nitrogens with zero attached hydrogens (tertiary/aromatic N) is 1. The Bertz CT molecular complexity index is 604. The second-order valence-electron chi connectivity index (χ2n) is 7.44. The Hall–Kier alpha value is -1.78. The van der Waals surface area contributed by atoms with Crippen LogP contribution in [-0.4, -0.2) is 41.3 Å². The lowest BCUT2D eigenvalue weighted by atomic mass is 9.96. The van der Waals surface area contributed by atoms with E-state index in [4.69, 9.17) is 0 Å². The van der Waals surface area contributed by atoms with Crippen LogP contribution >= 0.6 is 0 Å². The van der Waals surface area contributed by atoms with E-state index < -0.39 is 0 Å². The minimum atomic E-state index is -0.0904. The molecule has 1 aromatic heterocycles. The summed E-state index contributed by atoms with van der Waals surface area (Å²) in [6, 6.07) is 0. The zero-order valence-corrected chi connectivity index (χ0v) is 15.7. The number of hydrogen-bond acceptors (Lipinski definition) is 2. The Labute approximate surface area is 145 Å². The van der Waals surface area contributed by atoms with Crippen LogP contribution in [0.3, 0.4) is 0 Å². The van der Waals surface area contributed by atoms with Crippen molar-refractivity contribution in [1.29, 1.82) is 0 Å². The van der Waals surface area contributed by atoms with Crippen molar-refractivity contribution < 1.29 is 9.59 Å². The van der Waals surface area contributed by atoms with Crippen molar-refractivity contribution in [3.8, 4) is 0 Å². The highest BCUT2D eigenvalue weighted by molar-refractivity contribution is 5.95. The number of amides is 2. The van der Waals surface area contributed by atoms with E-state index in [9.17, 15) is 9.59 Å². The summed E-state index contributed by atoms with van der Waals surface area (Å²) in [6.07, 6.45) is 2.73. The second kappa shape index (κ2) is 7.86. The molecule has 134 valence electrons. The second-order valence-corrected chi connectivity index (χ2v) is 7.44. The molecule has 0 aromatic carbocycles. The van der Waals surface area contributed by atoms with Crippen molar-refractivity contribution in [2.75, 3.05) is 19.6 Å². The molecule has 0 aliphatic carbocycles. The number of aromatic nitrogens is 1. The fourth-order valence-electron chi connectivity index (χ4n) is 3.22. The quantitative estimate of drug-likeness (QED) is 0.870. The van der Waals surface area contributed by atoms with Gasteiger partial charge < -0.3 is 15.2 Å². The topological polar surface area (TPSA) is 65.2 Å². The van der Waals surface area contributed by atoms with Crippen molar-refractivity contribution in [2.24, 2.45) is 11.8 Å².